The van der Waals surface area contributed by atoms with E-state index >= 15 is 0 Å². The molecule has 0 aliphatic carbocycles. The average Bonchev–Trinajstić information content (AvgIpc) is 0.836. The lowest BCUT2D eigenvalue weighted by Gasteiger charge is -2.32. The number of hydrogen-bond donors (Lipinski definition) is 6. The number of fused-ring (bicyclic) bond motifs is 3. The maximum absolute atomic E-state index is 12.3. The molecule has 2 fully saturated rings. The molecule has 16 heteroatoms. The summed E-state index contributed by atoms with van der Waals surface area (Å²) in [5.74, 6) is 3.95. The molecule has 16 nitrogen and oxygen atoms in total. The summed E-state index contributed by atoms with van der Waals surface area (Å²) < 4.78 is 43.3. The maximum atomic E-state index is 12.3. The van der Waals surface area contributed by atoms with E-state index in [9.17, 15) is 30.6 Å². The van der Waals surface area contributed by atoms with Gasteiger partial charge in [-0.15, -0.1) is 0 Å². The minimum atomic E-state index is -0.832. The highest BCUT2D eigenvalue weighted by Gasteiger charge is 2.37. The second kappa shape index (κ2) is 29.0. The Morgan fingerprint density at radius 2 is 0.933 bits per heavy atom. The van der Waals surface area contributed by atoms with E-state index in [2.05, 4.69) is 47.7 Å². The molecule has 0 saturated carbocycles. The molecule has 15 rings (SSSR count). The van der Waals surface area contributed by atoms with Gasteiger partial charge in [-0.25, -0.2) is 4.98 Å². The summed E-state index contributed by atoms with van der Waals surface area (Å²) in [6, 6.07) is 53.7. The van der Waals surface area contributed by atoms with Gasteiger partial charge >= 0.3 is 0 Å². The van der Waals surface area contributed by atoms with Gasteiger partial charge < -0.3 is 63.6 Å². The molecule has 9 aromatic carbocycles. The fourth-order valence-electron chi connectivity index (χ4n) is 15.7. The molecule has 0 amide bonds. The summed E-state index contributed by atoms with van der Waals surface area (Å²) in [7, 11) is 0. The highest BCUT2D eigenvalue weighted by atomic mass is 16.5. The van der Waals surface area contributed by atoms with Crippen LogP contribution in [0.25, 0.3) is 55.7 Å². The molecule has 532 valence electrons. The van der Waals surface area contributed by atoms with Crippen molar-refractivity contribution in [3.8, 4) is 91.2 Å². The zero-order chi connectivity index (χ0) is 71.9. The molecule has 2 saturated heterocycles. The van der Waals surface area contributed by atoms with Gasteiger partial charge in [-0.1, -0.05) is 63.1 Å². The van der Waals surface area contributed by atoms with Crippen LogP contribution in [0.4, 0.5) is 0 Å². The van der Waals surface area contributed by atoms with Crippen LogP contribution >= 0.6 is 0 Å². The van der Waals surface area contributed by atoms with Crippen molar-refractivity contribution in [3.05, 3.63) is 245 Å². The Balaban J connectivity index is 0.837. The molecule has 4 atom stereocenters. The van der Waals surface area contributed by atoms with Crippen LogP contribution in [0, 0.1) is 5.41 Å². The Bertz CT molecular complexity index is 4970. The van der Waals surface area contributed by atoms with Crippen molar-refractivity contribution in [2.24, 2.45) is 5.41 Å². The topological polar surface area (TPSA) is 201 Å². The summed E-state index contributed by atoms with van der Waals surface area (Å²) in [6.07, 6.45) is 9.02. The number of aromatic hydroxyl groups is 6. The molecule has 1 aromatic heterocycles. The van der Waals surface area contributed by atoms with Crippen molar-refractivity contribution < 1.29 is 59.1 Å². The van der Waals surface area contributed by atoms with Crippen molar-refractivity contribution in [3.63, 3.8) is 0 Å². The molecule has 10 aromatic rings. The quantitative estimate of drug-likeness (QED) is 0.0421. The Morgan fingerprint density at radius 3 is 1.42 bits per heavy atom. The number of phenolic OH excluding ortho intramolecular Hbond substituents is 6. The van der Waals surface area contributed by atoms with Crippen molar-refractivity contribution in [2.45, 2.75) is 105 Å². The van der Waals surface area contributed by atoms with Crippen LogP contribution in [0.15, 0.2) is 195 Å². The number of ether oxygens (including phenoxy) is 6. The maximum Gasteiger partial charge on any atom is 0.150 e. The Morgan fingerprint density at radius 1 is 0.462 bits per heavy atom. The van der Waals surface area contributed by atoms with Crippen LogP contribution in [0.5, 0.6) is 69.0 Å². The van der Waals surface area contributed by atoms with E-state index in [0.717, 1.165) is 119 Å². The molecule has 5 aliphatic rings. The molecule has 6 N–H and O–H groups in total. The lowest BCUT2D eigenvalue weighted by molar-refractivity contribution is 0.160. The van der Waals surface area contributed by atoms with E-state index in [4.69, 9.17) is 28.4 Å². The van der Waals surface area contributed by atoms with Crippen LogP contribution < -0.4 is 28.4 Å². The standard InChI is InChI=1S/C88H88N4O12/c1-53(92-32-28-88(5,6)51-92)50-101-71-21-14-57(15-22-71)85-83(55(3)73-48-67(95)18-25-79(73)102-85)63-38-61(41-69(97)43-63)76-46-60(17-24-77(76)99-36-34-90-30-9-7-8-10-31-90)87-84(56(4)74-49-68(96)20-27-81(74)104-87)64-39-62(42-70(98)44-64)75-45-59(16-23-78(75)100-37-35-91-33-29-89-52-91)86-82(58-12-11-13-65(93)40-58)54(2)72-47-66(94)19-26-80(72)103-86/h11-27,29,33,38-49,52-53,85-87,93-98H,7-10,28,30-32,34-37,50-51H2,1-6H3. The SMILES string of the molecule is CC1=C(c2cc(O)cc(-c3cc(C4Oc5ccc(O)cc5C(C)=C4c4cc(O)cc(-c5cc(C6Oc7ccc(O)cc7C(C)=C6c6cccc(O)c6)ccc5OCCn5ccnc5)c4)ccc3OCCN3CCCCCC3)c2)C(c2ccc(OCC(C)N3CCC(C)(C)C3)cc2)Oc2ccc(O)cc21. The first-order chi connectivity index (χ1) is 50.3. The number of imidazole rings is 1. The number of allylic oxidation sites excluding steroid dienone is 3. The summed E-state index contributed by atoms with van der Waals surface area (Å²) in [5.41, 5.74) is 14.3. The first-order valence-electron chi connectivity index (χ1n) is 36.1. The molecule has 5 aliphatic heterocycles. The van der Waals surface area contributed by atoms with E-state index in [1.54, 1.807) is 110 Å². The highest BCUT2D eigenvalue weighted by Crippen LogP contribution is 2.54. The molecule has 0 bridgehead atoms. The van der Waals surface area contributed by atoms with Crippen LogP contribution in [0.1, 0.15) is 142 Å². The average molecular weight is 1390 g/mol. The monoisotopic (exact) mass is 1390 g/mol. The largest absolute Gasteiger partial charge is 0.508 e. The van der Waals surface area contributed by atoms with Crippen LogP contribution in [-0.2, 0) is 6.54 Å². The van der Waals surface area contributed by atoms with Gasteiger partial charge in [0, 0.05) is 76.1 Å². The number of benzene rings is 9. The molecule has 0 spiro atoms. The van der Waals surface area contributed by atoms with Crippen LogP contribution in [0.3, 0.4) is 0 Å². The van der Waals surface area contributed by atoms with Crippen molar-refractivity contribution in [1.29, 1.82) is 0 Å². The van der Waals surface area contributed by atoms with E-state index in [0.29, 0.717) is 93.0 Å². The van der Waals surface area contributed by atoms with E-state index in [1.165, 1.54) is 12.8 Å². The number of aromatic nitrogens is 2. The number of nitrogens with zero attached hydrogens (tertiary/aromatic N) is 4. The molecule has 0 radical (unpaired) electrons. The molecule has 104 heavy (non-hydrogen) atoms. The van der Waals surface area contributed by atoms with Gasteiger partial charge in [-0.3, -0.25) is 9.80 Å². The fourth-order valence-corrected chi connectivity index (χ4v) is 15.7. The van der Waals surface area contributed by atoms with E-state index < -0.39 is 18.3 Å². The van der Waals surface area contributed by atoms with Gasteiger partial charge in [-0.05, 0) is 273 Å². The van der Waals surface area contributed by atoms with Crippen molar-refractivity contribution in [1.82, 2.24) is 19.4 Å². The first kappa shape index (κ1) is 68.7. The minimum absolute atomic E-state index is 0.0147. The third-order valence-electron chi connectivity index (χ3n) is 21.2. The minimum Gasteiger partial charge on any atom is -0.508 e. The molecule has 4 unspecified atom stereocenters. The summed E-state index contributed by atoms with van der Waals surface area (Å²) >= 11 is 0. The molecular weight excluding hydrogens is 1300 g/mol. The van der Waals surface area contributed by atoms with Gasteiger partial charge in [0.25, 0.3) is 0 Å². The third-order valence-corrected chi connectivity index (χ3v) is 21.2. The van der Waals surface area contributed by atoms with Crippen LogP contribution in [-0.4, -0.2) is 109 Å². The van der Waals surface area contributed by atoms with Gasteiger partial charge in [0.1, 0.15) is 107 Å². The van der Waals surface area contributed by atoms with Gasteiger partial charge in [0.05, 0.1) is 12.9 Å². The fraction of sp³-hybridized carbons (Fsp3) is 0.284. The van der Waals surface area contributed by atoms with Crippen molar-refractivity contribution in [2.75, 3.05) is 52.5 Å². The highest BCUT2D eigenvalue weighted by molar-refractivity contribution is 6.00. The summed E-state index contributed by atoms with van der Waals surface area (Å²) in [6.45, 7) is 19.5. The lowest BCUT2D eigenvalue weighted by atomic mass is 9.83. The third kappa shape index (κ3) is 14.4. The Hall–Kier alpha value is -11.1. The van der Waals surface area contributed by atoms with Gasteiger partial charge in [-0.2, -0.15) is 0 Å². The van der Waals surface area contributed by atoms with E-state index in [-0.39, 0.29) is 52.6 Å². The number of hydrogen-bond acceptors (Lipinski definition) is 15. The first-order valence-corrected chi connectivity index (χ1v) is 36.1. The summed E-state index contributed by atoms with van der Waals surface area (Å²) in [4.78, 5) is 9.22. The summed E-state index contributed by atoms with van der Waals surface area (Å²) in [5, 5.41) is 68.3. The second-order valence-corrected chi connectivity index (χ2v) is 29.1. The zero-order valence-corrected chi connectivity index (χ0v) is 59.6. The van der Waals surface area contributed by atoms with Crippen LogP contribution in [0.2, 0.25) is 0 Å². The smallest absolute Gasteiger partial charge is 0.150 e. The molecule has 6 heterocycles. The lowest BCUT2D eigenvalue weighted by Crippen LogP contribution is -2.36. The number of likely N-dealkylation sites (tertiary alicyclic amines) is 2. The van der Waals surface area contributed by atoms with Crippen molar-refractivity contribution >= 4 is 33.4 Å². The predicted molar refractivity (Wildman–Crippen MR) is 407 cm³/mol. The van der Waals surface area contributed by atoms with Gasteiger partial charge in [0.2, 0.25) is 0 Å². The number of rotatable bonds is 20. The normalized spacial score (nSPS) is 18.3. The molecular formula is C88H88N4O12. The number of phenols is 6. The van der Waals surface area contributed by atoms with Gasteiger partial charge in [0.15, 0.2) is 0 Å². The Labute approximate surface area is 607 Å². The predicted octanol–water partition coefficient (Wildman–Crippen LogP) is 18.5. The van der Waals surface area contributed by atoms with E-state index in [1.807, 2.05) is 98.3 Å². The second-order valence-electron chi connectivity index (χ2n) is 29.1. The Kier molecular flexibility index (Phi) is 19.1. The zero-order valence-electron chi connectivity index (χ0n) is 59.6.